The molecular weight excluding hydrogens is 214 g/mol. The molecule has 1 aliphatic heterocycles. The van der Waals surface area contributed by atoms with Crippen molar-refractivity contribution in [1.29, 1.82) is 0 Å². The minimum atomic E-state index is -0.362. The number of aliphatic hydroxyl groups is 1. The molecule has 1 atom stereocenters. The van der Waals surface area contributed by atoms with E-state index < -0.39 is 0 Å². The lowest BCUT2D eigenvalue weighted by Gasteiger charge is -2.32. The SMILES string of the molecule is COc1cccc(C(O)C2CCN(C)CC2)c1. The van der Waals surface area contributed by atoms with Crippen molar-refractivity contribution in [3.8, 4) is 5.75 Å². The normalized spacial score (nSPS) is 20.2. The Labute approximate surface area is 103 Å². The lowest BCUT2D eigenvalue weighted by atomic mass is 9.87. The summed E-state index contributed by atoms with van der Waals surface area (Å²) in [6, 6.07) is 7.76. The fraction of sp³-hybridized carbons (Fsp3) is 0.571. The molecule has 0 spiro atoms. The number of rotatable bonds is 3. The Morgan fingerprint density at radius 1 is 1.35 bits per heavy atom. The number of methoxy groups -OCH3 is 1. The van der Waals surface area contributed by atoms with Gasteiger partial charge in [0.2, 0.25) is 0 Å². The van der Waals surface area contributed by atoms with E-state index in [-0.39, 0.29) is 6.10 Å². The first-order valence-corrected chi connectivity index (χ1v) is 6.21. The molecule has 0 saturated carbocycles. The van der Waals surface area contributed by atoms with E-state index in [4.69, 9.17) is 4.74 Å². The van der Waals surface area contributed by atoms with Gasteiger partial charge < -0.3 is 14.7 Å². The van der Waals surface area contributed by atoms with Crippen molar-refractivity contribution in [3.63, 3.8) is 0 Å². The molecule has 3 nitrogen and oxygen atoms in total. The minimum absolute atomic E-state index is 0.362. The highest BCUT2D eigenvalue weighted by molar-refractivity contribution is 5.30. The van der Waals surface area contributed by atoms with Crippen molar-refractivity contribution in [2.24, 2.45) is 5.92 Å². The monoisotopic (exact) mass is 235 g/mol. The van der Waals surface area contributed by atoms with Gasteiger partial charge in [-0.3, -0.25) is 0 Å². The van der Waals surface area contributed by atoms with Crippen LogP contribution in [0, 0.1) is 5.92 Å². The summed E-state index contributed by atoms with van der Waals surface area (Å²) in [5.41, 5.74) is 0.971. The molecule has 17 heavy (non-hydrogen) atoms. The maximum absolute atomic E-state index is 10.4. The maximum atomic E-state index is 10.4. The average molecular weight is 235 g/mol. The van der Waals surface area contributed by atoms with Gasteiger partial charge in [0.1, 0.15) is 5.75 Å². The van der Waals surface area contributed by atoms with E-state index in [2.05, 4.69) is 11.9 Å². The van der Waals surface area contributed by atoms with Crippen LogP contribution in [0.3, 0.4) is 0 Å². The van der Waals surface area contributed by atoms with E-state index in [0.29, 0.717) is 5.92 Å². The van der Waals surface area contributed by atoms with Crippen LogP contribution in [-0.2, 0) is 0 Å². The number of benzene rings is 1. The minimum Gasteiger partial charge on any atom is -0.497 e. The topological polar surface area (TPSA) is 32.7 Å². The smallest absolute Gasteiger partial charge is 0.119 e. The largest absolute Gasteiger partial charge is 0.497 e. The molecule has 0 aliphatic carbocycles. The lowest BCUT2D eigenvalue weighted by Crippen LogP contribution is -2.32. The van der Waals surface area contributed by atoms with Gasteiger partial charge in [-0.25, -0.2) is 0 Å². The summed E-state index contributed by atoms with van der Waals surface area (Å²) >= 11 is 0. The Morgan fingerprint density at radius 2 is 2.06 bits per heavy atom. The first kappa shape index (κ1) is 12.4. The van der Waals surface area contributed by atoms with Gasteiger partial charge in [0.25, 0.3) is 0 Å². The number of piperidine rings is 1. The summed E-state index contributed by atoms with van der Waals surface area (Å²) in [6.45, 7) is 2.15. The zero-order valence-corrected chi connectivity index (χ0v) is 10.6. The van der Waals surface area contributed by atoms with E-state index in [0.717, 1.165) is 37.2 Å². The van der Waals surface area contributed by atoms with Crippen LogP contribution in [0.4, 0.5) is 0 Å². The van der Waals surface area contributed by atoms with Crippen LogP contribution >= 0.6 is 0 Å². The second kappa shape index (κ2) is 5.52. The zero-order chi connectivity index (χ0) is 12.3. The summed E-state index contributed by atoms with van der Waals surface area (Å²) < 4.78 is 5.19. The highest BCUT2D eigenvalue weighted by Crippen LogP contribution is 2.31. The quantitative estimate of drug-likeness (QED) is 0.870. The molecule has 0 radical (unpaired) electrons. The molecular formula is C14H21NO2. The molecule has 1 fully saturated rings. The molecule has 1 heterocycles. The van der Waals surface area contributed by atoms with Crippen LogP contribution in [0.1, 0.15) is 24.5 Å². The number of hydrogen-bond donors (Lipinski definition) is 1. The number of hydrogen-bond acceptors (Lipinski definition) is 3. The molecule has 0 amide bonds. The van der Waals surface area contributed by atoms with E-state index in [9.17, 15) is 5.11 Å². The highest BCUT2D eigenvalue weighted by Gasteiger charge is 2.24. The lowest BCUT2D eigenvalue weighted by molar-refractivity contribution is 0.0656. The van der Waals surface area contributed by atoms with Gasteiger partial charge in [0.05, 0.1) is 13.2 Å². The Bertz CT molecular complexity index is 359. The van der Waals surface area contributed by atoms with Crippen molar-refractivity contribution >= 4 is 0 Å². The fourth-order valence-electron chi connectivity index (χ4n) is 2.44. The summed E-state index contributed by atoms with van der Waals surface area (Å²) in [6.07, 6.45) is 1.77. The van der Waals surface area contributed by atoms with Crippen molar-refractivity contribution < 1.29 is 9.84 Å². The van der Waals surface area contributed by atoms with Crippen LogP contribution in [-0.4, -0.2) is 37.3 Å². The molecule has 94 valence electrons. The van der Waals surface area contributed by atoms with Gasteiger partial charge in [-0.2, -0.15) is 0 Å². The molecule has 0 aromatic heterocycles. The van der Waals surface area contributed by atoms with Crippen molar-refractivity contribution in [2.75, 3.05) is 27.2 Å². The van der Waals surface area contributed by atoms with E-state index in [1.807, 2.05) is 24.3 Å². The molecule has 1 aromatic carbocycles. The van der Waals surface area contributed by atoms with Crippen LogP contribution in [0.5, 0.6) is 5.75 Å². The maximum Gasteiger partial charge on any atom is 0.119 e. The number of likely N-dealkylation sites (tertiary alicyclic amines) is 1. The second-order valence-corrected chi connectivity index (χ2v) is 4.86. The van der Waals surface area contributed by atoms with E-state index >= 15 is 0 Å². The Morgan fingerprint density at radius 3 is 2.71 bits per heavy atom. The van der Waals surface area contributed by atoms with Gasteiger partial charge in [0.15, 0.2) is 0 Å². The molecule has 0 bridgehead atoms. The molecule has 1 unspecified atom stereocenters. The highest BCUT2D eigenvalue weighted by atomic mass is 16.5. The van der Waals surface area contributed by atoms with Gasteiger partial charge >= 0.3 is 0 Å². The fourth-order valence-corrected chi connectivity index (χ4v) is 2.44. The number of aliphatic hydroxyl groups excluding tert-OH is 1. The Balaban J connectivity index is 2.05. The van der Waals surface area contributed by atoms with Crippen LogP contribution < -0.4 is 4.74 Å². The summed E-state index contributed by atoms with van der Waals surface area (Å²) in [4.78, 5) is 2.31. The van der Waals surface area contributed by atoms with Gasteiger partial charge in [-0.1, -0.05) is 12.1 Å². The third-order valence-corrected chi connectivity index (χ3v) is 3.65. The zero-order valence-electron chi connectivity index (χ0n) is 10.6. The van der Waals surface area contributed by atoms with Crippen LogP contribution in [0.25, 0.3) is 0 Å². The van der Waals surface area contributed by atoms with Gasteiger partial charge in [-0.15, -0.1) is 0 Å². The third kappa shape index (κ3) is 2.99. The van der Waals surface area contributed by atoms with Gasteiger partial charge in [-0.05, 0) is 56.6 Å². The molecule has 1 aromatic rings. The van der Waals surface area contributed by atoms with Gasteiger partial charge in [0, 0.05) is 0 Å². The van der Waals surface area contributed by atoms with Crippen molar-refractivity contribution in [3.05, 3.63) is 29.8 Å². The first-order chi connectivity index (χ1) is 8.20. The molecule has 1 saturated heterocycles. The summed E-state index contributed by atoms with van der Waals surface area (Å²) in [7, 11) is 3.79. The van der Waals surface area contributed by atoms with E-state index in [1.54, 1.807) is 7.11 Å². The predicted molar refractivity (Wildman–Crippen MR) is 68.2 cm³/mol. The predicted octanol–water partition coefficient (Wildman–Crippen LogP) is 2.07. The molecule has 2 rings (SSSR count). The van der Waals surface area contributed by atoms with E-state index in [1.165, 1.54) is 0 Å². The van der Waals surface area contributed by atoms with Crippen LogP contribution in [0.2, 0.25) is 0 Å². The summed E-state index contributed by atoms with van der Waals surface area (Å²) in [5, 5.41) is 10.4. The van der Waals surface area contributed by atoms with Crippen molar-refractivity contribution in [1.82, 2.24) is 4.90 Å². The number of nitrogens with zero attached hydrogens (tertiary/aromatic N) is 1. The van der Waals surface area contributed by atoms with Crippen LogP contribution in [0.15, 0.2) is 24.3 Å². The standard InChI is InChI=1S/C14H21NO2/c1-15-8-6-11(7-9-15)14(16)12-4-3-5-13(10-12)17-2/h3-5,10-11,14,16H,6-9H2,1-2H3. The first-order valence-electron chi connectivity index (χ1n) is 6.21. The molecule has 1 aliphatic rings. The third-order valence-electron chi connectivity index (χ3n) is 3.65. The summed E-state index contributed by atoms with van der Waals surface area (Å²) in [5.74, 6) is 1.19. The average Bonchev–Trinajstić information content (AvgIpc) is 2.39. The Hall–Kier alpha value is -1.06. The molecule has 3 heteroatoms. The second-order valence-electron chi connectivity index (χ2n) is 4.86. The molecule has 1 N–H and O–H groups in total. The number of ether oxygens (including phenoxy) is 1. The Kier molecular flexibility index (Phi) is 4.02. The van der Waals surface area contributed by atoms with Crippen molar-refractivity contribution in [2.45, 2.75) is 18.9 Å².